The molecule has 1 saturated heterocycles. The van der Waals surface area contributed by atoms with Crippen LogP contribution in [0, 0.1) is 29.1 Å². The minimum atomic E-state index is -1.09. The van der Waals surface area contributed by atoms with Gasteiger partial charge in [0.05, 0.1) is 12.7 Å². The van der Waals surface area contributed by atoms with Gasteiger partial charge in [0.1, 0.15) is 18.3 Å². The fraction of sp³-hybridized carbons (Fsp3) is 1.00. The van der Waals surface area contributed by atoms with E-state index in [9.17, 15) is 15.3 Å². The Morgan fingerprint density at radius 1 is 1.16 bits per heavy atom. The smallest absolute Gasteiger partial charge is 0.186 e. The van der Waals surface area contributed by atoms with Gasteiger partial charge in [-0.25, -0.2) is 0 Å². The Hall–Kier alpha value is -0.200. The Morgan fingerprint density at radius 3 is 2.48 bits per heavy atom. The van der Waals surface area contributed by atoms with Crippen LogP contribution in [0.4, 0.5) is 0 Å². The van der Waals surface area contributed by atoms with Crippen molar-refractivity contribution in [3.63, 3.8) is 0 Å². The molecule has 0 radical (unpaired) electrons. The van der Waals surface area contributed by atoms with Crippen LogP contribution in [0.25, 0.3) is 0 Å². The Balaban J connectivity index is 1.72. The fourth-order valence-corrected chi connectivity index (χ4v) is 5.59. The van der Waals surface area contributed by atoms with Crippen LogP contribution < -0.4 is 0 Å². The van der Waals surface area contributed by atoms with Crippen molar-refractivity contribution < 1.29 is 24.8 Å². The predicted octanol–water partition coefficient (Wildman–Crippen LogP) is 2.32. The molecule has 2 saturated carbocycles. The number of rotatable bonds is 4. The topological polar surface area (TPSA) is 79.2 Å². The fourth-order valence-electron chi connectivity index (χ4n) is 5.59. The van der Waals surface area contributed by atoms with E-state index in [2.05, 4.69) is 27.7 Å². The molecule has 0 amide bonds. The maximum absolute atomic E-state index is 10.2. The van der Waals surface area contributed by atoms with Gasteiger partial charge in [-0.3, -0.25) is 0 Å². The summed E-state index contributed by atoms with van der Waals surface area (Å²) in [5.74, 6) is 2.83. The minimum Gasteiger partial charge on any atom is -0.394 e. The van der Waals surface area contributed by atoms with Gasteiger partial charge in [-0.2, -0.15) is 0 Å². The second-order valence-corrected chi connectivity index (χ2v) is 9.28. The maximum atomic E-state index is 10.2. The molecule has 0 bridgehead atoms. The SMILES string of the molecule is CC(C)[C@@H]1CC[C@@]2(C)C(OC3O[C@@H](CO)[C@H](O)[C@H]3O)CC[C@H](C)[C@@H]2C1. The van der Waals surface area contributed by atoms with Gasteiger partial charge in [0.2, 0.25) is 0 Å². The molecule has 0 spiro atoms. The molecule has 3 aliphatic rings. The van der Waals surface area contributed by atoms with Gasteiger partial charge in [-0.1, -0.05) is 27.7 Å². The molecule has 0 aromatic carbocycles. The molecule has 0 aromatic heterocycles. The van der Waals surface area contributed by atoms with E-state index in [1.54, 1.807) is 0 Å². The lowest BCUT2D eigenvalue weighted by atomic mass is 9.53. The lowest BCUT2D eigenvalue weighted by Gasteiger charge is -2.55. The average molecular weight is 357 g/mol. The maximum Gasteiger partial charge on any atom is 0.186 e. The number of ether oxygens (including phenoxy) is 2. The van der Waals surface area contributed by atoms with Crippen LogP contribution in [0.2, 0.25) is 0 Å². The van der Waals surface area contributed by atoms with Crippen LogP contribution in [0.3, 0.4) is 0 Å². The molecule has 146 valence electrons. The van der Waals surface area contributed by atoms with E-state index >= 15 is 0 Å². The van der Waals surface area contributed by atoms with E-state index in [1.807, 2.05) is 0 Å². The van der Waals surface area contributed by atoms with Crippen LogP contribution in [-0.4, -0.2) is 52.6 Å². The Kier molecular flexibility index (Phi) is 5.81. The molecule has 9 atom stereocenters. The van der Waals surface area contributed by atoms with Crippen LogP contribution >= 0.6 is 0 Å². The van der Waals surface area contributed by atoms with Crippen LogP contribution in [-0.2, 0) is 9.47 Å². The van der Waals surface area contributed by atoms with Gasteiger partial charge in [-0.05, 0) is 61.2 Å². The molecule has 5 nitrogen and oxygen atoms in total. The van der Waals surface area contributed by atoms with Crippen molar-refractivity contribution in [1.82, 2.24) is 0 Å². The summed E-state index contributed by atoms with van der Waals surface area (Å²) < 4.78 is 11.8. The minimum absolute atomic E-state index is 0.0334. The lowest BCUT2D eigenvalue weighted by molar-refractivity contribution is -0.240. The molecule has 1 heterocycles. The van der Waals surface area contributed by atoms with Crippen molar-refractivity contribution in [2.45, 2.75) is 90.5 Å². The number of aliphatic hydroxyl groups excluding tert-OH is 3. The van der Waals surface area contributed by atoms with E-state index in [0.717, 1.165) is 31.1 Å². The third-order valence-corrected chi connectivity index (χ3v) is 7.50. The first kappa shape index (κ1) is 19.6. The predicted molar refractivity (Wildman–Crippen MR) is 94.8 cm³/mol. The molecule has 2 unspecified atom stereocenters. The number of hydrogen-bond donors (Lipinski definition) is 3. The zero-order valence-corrected chi connectivity index (χ0v) is 16.1. The molecular formula is C20H36O5. The molecule has 25 heavy (non-hydrogen) atoms. The van der Waals surface area contributed by atoms with Gasteiger partial charge < -0.3 is 24.8 Å². The highest BCUT2D eigenvalue weighted by atomic mass is 16.7. The van der Waals surface area contributed by atoms with E-state index in [-0.39, 0.29) is 18.1 Å². The number of fused-ring (bicyclic) bond motifs is 1. The van der Waals surface area contributed by atoms with Gasteiger partial charge in [0, 0.05) is 0 Å². The highest BCUT2D eigenvalue weighted by molar-refractivity contribution is 5.01. The van der Waals surface area contributed by atoms with Crippen LogP contribution in [0.1, 0.15) is 59.8 Å². The average Bonchev–Trinajstić information content (AvgIpc) is 2.85. The monoisotopic (exact) mass is 356 g/mol. The summed E-state index contributed by atoms with van der Waals surface area (Å²) in [7, 11) is 0. The quantitative estimate of drug-likeness (QED) is 0.720. The summed E-state index contributed by atoms with van der Waals surface area (Å²) in [5, 5.41) is 29.5. The van der Waals surface area contributed by atoms with Crippen molar-refractivity contribution in [2.75, 3.05) is 6.61 Å². The van der Waals surface area contributed by atoms with Crippen molar-refractivity contribution in [2.24, 2.45) is 29.1 Å². The van der Waals surface area contributed by atoms with Crippen molar-refractivity contribution in [3.05, 3.63) is 0 Å². The molecular weight excluding hydrogens is 320 g/mol. The molecule has 1 aliphatic heterocycles. The van der Waals surface area contributed by atoms with E-state index in [0.29, 0.717) is 11.8 Å². The third-order valence-electron chi connectivity index (χ3n) is 7.50. The normalized spacial score (nSPS) is 50.9. The Morgan fingerprint density at radius 2 is 1.88 bits per heavy atom. The number of aliphatic hydroxyl groups is 3. The summed E-state index contributed by atoms with van der Waals surface area (Å²) in [6, 6.07) is 0. The van der Waals surface area contributed by atoms with Crippen LogP contribution in [0.5, 0.6) is 0 Å². The standard InChI is InChI=1S/C20H36O5/c1-11(2)13-7-8-20(4)14(9-13)12(3)5-6-16(20)25-19-18(23)17(22)15(10-21)24-19/h11-19,21-23H,5-10H2,1-4H3/t12-,13+,14-,15-,16?,17-,18+,19?,20+/m0/s1. The first-order valence-electron chi connectivity index (χ1n) is 10.1. The number of hydrogen-bond acceptors (Lipinski definition) is 5. The second-order valence-electron chi connectivity index (χ2n) is 9.28. The largest absolute Gasteiger partial charge is 0.394 e. The van der Waals surface area contributed by atoms with Crippen LogP contribution in [0.15, 0.2) is 0 Å². The zero-order chi connectivity index (χ0) is 18.4. The highest BCUT2D eigenvalue weighted by Gasteiger charge is 2.53. The molecule has 2 aliphatic carbocycles. The van der Waals surface area contributed by atoms with Crippen molar-refractivity contribution in [1.29, 1.82) is 0 Å². The summed E-state index contributed by atoms with van der Waals surface area (Å²) in [5.41, 5.74) is 0.0917. The van der Waals surface area contributed by atoms with Gasteiger partial charge in [0.25, 0.3) is 0 Å². The first-order valence-corrected chi connectivity index (χ1v) is 10.1. The zero-order valence-electron chi connectivity index (χ0n) is 16.1. The van der Waals surface area contributed by atoms with E-state index in [1.165, 1.54) is 12.8 Å². The van der Waals surface area contributed by atoms with Crippen molar-refractivity contribution in [3.8, 4) is 0 Å². The molecule has 5 heteroatoms. The van der Waals surface area contributed by atoms with E-state index < -0.39 is 24.6 Å². The molecule has 3 rings (SSSR count). The summed E-state index contributed by atoms with van der Waals surface area (Å²) in [6.07, 6.45) is 1.98. The lowest BCUT2D eigenvalue weighted by Crippen LogP contribution is -2.52. The van der Waals surface area contributed by atoms with Crippen molar-refractivity contribution >= 4 is 0 Å². The summed E-state index contributed by atoms with van der Waals surface area (Å²) >= 11 is 0. The second kappa shape index (κ2) is 7.43. The molecule has 3 N–H and O–H groups in total. The Bertz CT molecular complexity index is 455. The summed E-state index contributed by atoms with van der Waals surface area (Å²) in [6.45, 7) is 9.06. The Labute approximate surface area is 151 Å². The highest BCUT2D eigenvalue weighted by Crippen LogP contribution is 2.56. The van der Waals surface area contributed by atoms with Gasteiger partial charge in [0.15, 0.2) is 6.29 Å². The van der Waals surface area contributed by atoms with Gasteiger partial charge >= 0.3 is 0 Å². The molecule has 0 aromatic rings. The first-order chi connectivity index (χ1) is 11.8. The van der Waals surface area contributed by atoms with Gasteiger partial charge in [-0.15, -0.1) is 0 Å². The third kappa shape index (κ3) is 3.51. The summed E-state index contributed by atoms with van der Waals surface area (Å²) in [4.78, 5) is 0. The molecule has 3 fully saturated rings. The van der Waals surface area contributed by atoms with E-state index in [4.69, 9.17) is 9.47 Å².